The Morgan fingerprint density at radius 2 is 1.81 bits per heavy atom. The van der Waals surface area contributed by atoms with Gasteiger partial charge in [0.15, 0.2) is 0 Å². The molecule has 7 nitrogen and oxygen atoms in total. The molecule has 2 heterocycles. The molecule has 7 heteroatoms. The molecule has 0 fully saturated rings. The number of anilines is 2. The van der Waals surface area contributed by atoms with Crippen molar-refractivity contribution in [2.24, 2.45) is 5.73 Å². The molecule has 0 aliphatic heterocycles. The van der Waals surface area contributed by atoms with Gasteiger partial charge in [-0.2, -0.15) is 0 Å². The van der Waals surface area contributed by atoms with E-state index >= 15 is 0 Å². The summed E-state index contributed by atoms with van der Waals surface area (Å²) in [5.74, 6) is 0.536. The highest BCUT2D eigenvalue weighted by Crippen LogP contribution is 2.28. The lowest BCUT2D eigenvalue weighted by atomic mass is 10.2. The van der Waals surface area contributed by atoms with Crippen molar-refractivity contribution < 1.29 is 14.6 Å². The summed E-state index contributed by atoms with van der Waals surface area (Å²) in [5, 5.41) is 13.0. The molecule has 3 aromatic rings. The van der Waals surface area contributed by atoms with Gasteiger partial charge in [0.1, 0.15) is 5.52 Å². The summed E-state index contributed by atoms with van der Waals surface area (Å²) in [5.41, 5.74) is 7.80. The predicted octanol–water partition coefficient (Wildman–Crippen LogP) is 2.33. The van der Waals surface area contributed by atoms with Gasteiger partial charge in [0, 0.05) is 42.8 Å². The normalized spacial score (nSPS) is 11.4. The topological polar surface area (TPSA) is 103 Å². The average Bonchev–Trinajstić information content (AvgIpc) is 2.69. The summed E-state index contributed by atoms with van der Waals surface area (Å²) >= 11 is 0. The number of aliphatic hydroxyl groups excluding tert-OH is 1. The zero-order valence-electron chi connectivity index (χ0n) is 14.9. The van der Waals surface area contributed by atoms with Gasteiger partial charge in [0.05, 0.1) is 19.8 Å². The van der Waals surface area contributed by atoms with E-state index in [1.54, 1.807) is 19.5 Å². The molecule has 0 spiro atoms. The first kappa shape index (κ1) is 19.6. The van der Waals surface area contributed by atoms with Gasteiger partial charge in [-0.1, -0.05) is 18.2 Å². The second-order valence-electron chi connectivity index (χ2n) is 5.41. The maximum absolute atomic E-state index is 8.61. The molecule has 26 heavy (non-hydrogen) atoms. The summed E-state index contributed by atoms with van der Waals surface area (Å²) in [6, 6.07) is 13.9. The number of nitrogens with one attached hydrogen (secondary N) is 1. The quantitative estimate of drug-likeness (QED) is 0.623. The van der Waals surface area contributed by atoms with Crippen molar-refractivity contribution in [2.45, 2.75) is 6.10 Å². The largest absolute Gasteiger partial charge is 0.479 e. The lowest BCUT2D eigenvalue weighted by Crippen LogP contribution is -2.24. The van der Waals surface area contributed by atoms with Crippen LogP contribution in [0.4, 0.5) is 11.4 Å². The third-order valence-electron chi connectivity index (χ3n) is 3.50. The first-order valence-corrected chi connectivity index (χ1v) is 8.16. The van der Waals surface area contributed by atoms with Gasteiger partial charge in [0.2, 0.25) is 5.88 Å². The SMILES string of the molecule is COCC(O)CN.COc1nccc2c(Nc3ccccc3)ccnc12. The maximum atomic E-state index is 8.61. The Kier molecular flexibility index (Phi) is 7.75. The minimum absolute atomic E-state index is 0.272. The van der Waals surface area contributed by atoms with Crippen LogP contribution in [0.25, 0.3) is 10.9 Å². The highest BCUT2D eigenvalue weighted by atomic mass is 16.5. The number of aromatic nitrogens is 2. The molecule has 138 valence electrons. The van der Waals surface area contributed by atoms with Gasteiger partial charge < -0.3 is 25.6 Å². The summed E-state index contributed by atoms with van der Waals surface area (Å²) in [6.45, 7) is 0.602. The van der Waals surface area contributed by atoms with Gasteiger partial charge in [-0.05, 0) is 24.3 Å². The Morgan fingerprint density at radius 3 is 2.42 bits per heavy atom. The van der Waals surface area contributed by atoms with Crippen LogP contribution in [0.1, 0.15) is 0 Å². The molecule has 0 aliphatic rings. The Labute approximate surface area is 152 Å². The second-order valence-corrected chi connectivity index (χ2v) is 5.41. The van der Waals surface area contributed by atoms with E-state index in [0.29, 0.717) is 12.5 Å². The van der Waals surface area contributed by atoms with Crippen molar-refractivity contribution in [1.29, 1.82) is 0 Å². The Bertz CT molecular complexity index is 799. The number of fused-ring (bicyclic) bond motifs is 1. The van der Waals surface area contributed by atoms with Crippen molar-refractivity contribution in [2.75, 3.05) is 32.7 Å². The summed E-state index contributed by atoms with van der Waals surface area (Å²) in [6.07, 6.45) is 2.97. The van der Waals surface area contributed by atoms with E-state index in [9.17, 15) is 0 Å². The summed E-state index contributed by atoms with van der Waals surface area (Å²) < 4.78 is 9.80. The van der Waals surface area contributed by atoms with Gasteiger partial charge in [0.25, 0.3) is 0 Å². The summed E-state index contributed by atoms with van der Waals surface area (Å²) in [4.78, 5) is 8.49. The van der Waals surface area contributed by atoms with E-state index in [2.05, 4.69) is 20.0 Å². The van der Waals surface area contributed by atoms with Crippen molar-refractivity contribution >= 4 is 22.3 Å². The summed E-state index contributed by atoms with van der Waals surface area (Å²) in [7, 11) is 3.12. The molecular formula is C19H24N4O3. The van der Waals surface area contributed by atoms with E-state index in [1.165, 1.54) is 7.11 Å². The smallest absolute Gasteiger partial charge is 0.240 e. The predicted molar refractivity (Wildman–Crippen MR) is 103 cm³/mol. The highest BCUT2D eigenvalue weighted by molar-refractivity contribution is 5.95. The molecule has 0 aliphatic carbocycles. The van der Waals surface area contributed by atoms with Crippen molar-refractivity contribution in [3.8, 4) is 5.88 Å². The van der Waals surface area contributed by atoms with Crippen LogP contribution in [0.5, 0.6) is 5.88 Å². The number of rotatable bonds is 6. The Morgan fingerprint density at radius 1 is 1.08 bits per heavy atom. The van der Waals surface area contributed by atoms with Crippen LogP contribution >= 0.6 is 0 Å². The fourth-order valence-electron chi connectivity index (χ4n) is 2.25. The van der Waals surface area contributed by atoms with Crippen LogP contribution in [0.2, 0.25) is 0 Å². The minimum atomic E-state index is -0.495. The Hall–Kier alpha value is -2.74. The lowest BCUT2D eigenvalue weighted by Gasteiger charge is -2.10. The average molecular weight is 356 g/mol. The number of pyridine rings is 2. The third-order valence-corrected chi connectivity index (χ3v) is 3.50. The van der Waals surface area contributed by atoms with Gasteiger partial charge in [-0.3, -0.25) is 4.98 Å². The van der Waals surface area contributed by atoms with Crippen LogP contribution < -0.4 is 15.8 Å². The first-order chi connectivity index (χ1) is 12.7. The number of nitrogens with two attached hydrogens (primary N) is 1. The van der Waals surface area contributed by atoms with Crippen molar-refractivity contribution in [1.82, 2.24) is 9.97 Å². The van der Waals surface area contributed by atoms with Crippen molar-refractivity contribution in [3.05, 3.63) is 54.9 Å². The molecule has 0 radical (unpaired) electrons. The van der Waals surface area contributed by atoms with Crippen LogP contribution in [0, 0.1) is 0 Å². The van der Waals surface area contributed by atoms with E-state index in [-0.39, 0.29) is 6.54 Å². The van der Waals surface area contributed by atoms with Gasteiger partial charge >= 0.3 is 0 Å². The number of hydrogen-bond donors (Lipinski definition) is 3. The standard InChI is InChI=1S/C15H13N3O.C4H11NO2/c1-19-15-14-12(7-9-17-15)13(8-10-16-14)18-11-5-3-2-4-6-11;1-7-3-4(6)2-5/h2-10H,1H3,(H,16,18);4,6H,2-3,5H2,1H3. The molecule has 0 amide bonds. The van der Waals surface area contributed by atoms with E-state index in [0.717, 1.165) is 22.3 Å². The van der Waals surface area contributed by atoms with Crippen LogP contribution in [0.3, 0.4) is 0 Å². The van der Waals surface area contributed by atoms with Crippen LogP contribution in [-0.2, 0) is 4.74 Å². The molecule has 1 aromatic carbocycles. The lowest BCUT2D eigenvalue weighted by molar-refractivity contribution is 0.0702. The highest BCUT2D eigenvalue weighted by Gasteiger charge is 2.07. The monoisotopic (exact) mass is 356 g/mol. The fourth-order valence-corrected chi connectivity index (χ4v) is 2.25. The first-order valence-electron chi connectivity index (χ1n) is 8.16. The molecule has 0 bridgehead atoms. The molecule has 4 N–H and O–H groups in total. The number of ether oxygens (including phenoxy) is 2. The van der Waals surface area contributed by atoms with Crippen LogP contribution in [0.15, 0.2) is 54.9 Å². The van der Waals surface area contributed by atoms with Crippen LogP contribution in [-0.4, -0.2) is 48.5 Å². The van der Waals surface area contributed by atoms with Gasteiger partial charge in [-0.25, -0.2) is 4.98 Å². The molecule has 2 aromatic heterocycles. The number of nitrogens with zero attached hydrogens (tertiary/aromatic N) is 2. The van der Waals surface area contributed by atoms with E-state index in [1.807, 2.05) is 42.5 Å². The number of benzene rings is 1. The molecule has 1 unspecified atom stereocenters. The number of hydrogen-bond acceptors (Lipinski definition) is 7. The molecule has 3 rings (SSSR count). The van der Waals surface area contributed by atoms with Gasteiger partial charge in [-0.15, -0.1) is 0 Å². The number of para-hydroxylation sites is 1. The third kappa shape index (κ3) is 5.38. The van der Waals surface area contributed by atoms with E-state index in [4.69, 9.17) is 15.6 Å². The van der Waals surface area contributed by atoms with E-state index < -0.39 is 6.10 Å². The second kappa shape index (κ2) is 10.3. The molecule has 0 saturated carbocycles. The maximum Gasteiger partial charge on any atom is 0.240 e. The Balaban J connectivity index is 0.000000298. The van der Waals surface area contributed by atoms with Crippen molar-refractivity contribution in [3.63, 3.8) is 0 Å². The number of aliphatic hydroxyl groups is 1. The number of methoxy groups -OCH3 is 2. The molecule has 0 saturated heterocycles. The minimum Gasteiger partial charge on any atom is -0.479 e. The zero-order chi connectivity index (χ0) is 18.8. The molecule has 1 atom stereocenters. The molecular weight excluding hydrogens is 332 g/mol. The fraction of sp³-hybridized carbons (Fsp3) is 0.263. The zero-order valence-corrected chi connectivity index (χ0v) is 14.9.